The molecule has 1 N–H and O–H groups in total. The quantitative estimate of drug-likeness (QED) is 0.508. The molecule has 0 aliphatic rings. The molecule has 4 rings (SSSR count). The normalized spacial score (nSPS) is 12.0. The van der Waals surface area contributed by atoms with Crippen molar-refractivity contribution in [3.05, 3.63) is 82.8 Å². The van der Waals surface area contributed by atoms with E-state index < -0.39 is 11.7 Å². The van der Waals surface area contributed by atoms with Crippen molar-refractivity contribution in [2.45, 2.75) is 19.9 Å². The van der Waals surface area contributed by atoms with Gasteiger partial charge in [-0.3, -0.25) is 4.79 Å². The second kappa shape index (κ2) is 8.08. The Hall–Kier alpha value is -3.52. The van der Waals surface area contributed by atoms with E-state index >= 15 is 0 Å². The van der Waals surface area contributed by atoms with Crippen molar-refractivity contribution in [1.29, 1.82) is 0 Å². The van der Waals surface area contributed by atoms with Gasteiger partial charge in [-0.15, -0.1) is 0 Å². The molecule has 0 radical (unpaired) electrons. The molecule has 1 amide bonds. The molecule has 2 heterocycles. The second-order valence-corrected chi connectivity index (χ2v) is 7.09. The van der Waals surface area contributed by atoms with Crippen molar-refractivity contribution in [3.63, 3.8) is 0 Å². The number of aromatic nitrogens is 4. The molecule has 152 valence electrons. The van der Waals surface area contributed by atoms with Gasteiger partial charge in [-0.2, -0.15) is 5.10 Å². The smallest absolute Gasteiger partial charge is 0.257 e. The van der Waals surface area contributed by atoms with Crippen LogP contribution in [0.15, 0.2) is 59.6 Å². The zero-order valence-electron chi connectivity index (χ0n) is 16.1. The summed E-state index contributed by atoms with van der Waals surface area (Å²) in [5.41, 5.74) is 1.98. The van der Waals surface area contributed by atoms with Gasteiger partial charge in [0.15, 0.2) is 0 Å². The Morgan fingerprint density at radius 1 is 1.23 bits per heavy atom. The molecule has 0 aliphatic heterocycles. The Balaban J connectivity index is 1.58. The van der Waals surface area contributed by atoms with E-state index in [1.807, 2.05) is 31.2 Å². The van der Waals surface area contributed by atoms with Crippen LogP contribution >= 0.6 is 11.6 Å². The van der Waals surface area contributed by atoms with Crippen molar-refractivity contribution >= 4 is 17.5 Å². The van der Waals surface area contributed by atoms with E-state index in [0.717, 1.165) is 11.3 Å². The summed E-state index contributed by atoms with van der Waals surface area (Å²) in [5, 5.41) is 11.0. The number of carbonyl (C=O) groups excluding carboxylic acids is 1. The van der Waals surface area contributed by atoms with E-state index in [-0.39, 0.29) is 33.6 Å². The topological polar surface area (TPSA) is 85.8 Å². The third-order valence-electron chi connectivity index (χ3n) is 4.71. The van der Waals surface area contributed by atoms with Gasteiger partial charge in [-0.05, 0) is 43.7 Å². The van der Waals surface area contributed by atoms with Crippen molar-refractivity contribution in [3.8, 4) is 16.9 Å². The highest BCUT2D eigenvalue weighted by atomic mass is 35.5. The van der Waals surface area contributed by atoms with Gasteiger partial charge in [0.2, 0.25) is 0 Å². The molecule has 1 unspecified atom stereocenters. The van der Waals surface area contributed by atoms with Crippen LogP contribution in [0.1, 0.15) is 34.6 Å². The summed E-state index contributed by atoms with van der Waals surface area (Å²) in [5.74, 6) is -0.743. The predicted octanol–water partition coefficient (Wildman–Crippen LogP) is 4.51. The number of hydrogen-bond acceptors (Lipinski definition) is 5. The van der Waals surface area contributed by atoms with Crippen LogP contribution in [-0.4, -0.2) is 25.8 Å². The maximum Gasteiger partial charge on any atom is 0.257 e. The SMILES string of the molecule is Cc1onc(-c2c(F)cccc2Cl)c1C(=O)NC(C)c1ccc(-n2cncn2)cc1. The third kappa shape index (κ3) is 3.69. The first-order valence-corrected chi connectivity index (χ1v) is 9.50. The first-order chi connectivity index (χ1) is 14.5. The number of aryl methyl sites for hydroxylation is 1. The van der Waals surface area contributed by atoms with Gasteiger partial charge < -0.3 is 9.84 Å². The summed E-state index contributed by atoms with van der Waals surface area (Å²) in [6.07, 6.45) is 3.06. The lowest BCUT2D eigenvalue weighted by molar-refractivity contribution is 0.0939. The number of benzene rings is 2. The van der Waals surface area contributed by atoms with Crippen LogP contribution in [-0.2, 0) is 0 Å². The van der Waals surface area contributed by atoms with Crippen molar-refractivity contribution < 1.29 is 13.7 Å². The first-order valence-electron chi connectivity index (χ1n) is 9.12. The van der Waals surface area contributed by atoms with E-state index in [1.54, 1.807) is 17.9 Å². The number of rotatable bonds is 5. The minimum atomic E-state index is -0.582. The minimum Gasteiger partial charge on any atom is -0.360 e. The molecule has 0 bridgehead atoms. The number of nitrogens with one attached hydrogen (secondary N) is 1. The van der Waals surface area contributed by atoms with Crippen LogP contribution in [0, 0.1) is 12.7 Å². The van der Waals surface area contributed by atoms with E-state index in [0.29, 0.717) is 0 Å². The Morgan fingerprint density at radius 3 is 2.67 bits per heavy atom. The lowest BCUT2D eigenvalue weighted by Crippen LogP contribution is -2.27. The molecule has 0 saturated carbocycles. The fourth-order valence-corrected chi connectivity index (χ4v) is 3.40. The van der Waals surface area contributed by atoms with Gasteiger partial charge in [0.25, 0.3) is 5.91 Å². The summed E-state index contributed by atoms with van der Waals surface area (Å²) in [6.45, 7) is 3.44. The Bertz CT molecular complexity index is 1170. The highest BCUT2D eigenvalue weighted by Gasteiger charge is 2.26. The number of nitrogens with zero attached hydrogens (tertiary/aromatic N) is 4. The largest absolute Gasteiger partial charge is 0.360 e. The summed E-state index contributed by atoms with van der Waals surface area (Å²) < 4.78 is 21.2. The predicted molar refractivity (Wildman–Crippen MR) is 109 cm³/mol. The molecule has 0 spiro atoms. The zero-order valence-corrected chi connectivity index (χ0v) is 16.9. The zero-order chi connectivity index (χ0) is 21.3. The first kappa shape index (κ1) is 19.8. The number of carbonyl (C=O) groups is 1. The van der Waals surface area contributed by atoms with E-state index in [9.17, 15) is 9.18 Å². The van der Waals surface area contributed by atoms with E-state index in [1.165, 1.54) is 24.5 Å². The standard InChI is InChI=1S/C21H17ClFN5O2/c1-12(14-6-8-15(9-7-14)28-11-24-10-25-28)26-21(29)18-13(2)30-27-20(18)19-16(22)4-3-5-17(19)23/h3-12H,1-2H3,(H,26,29). The minimum absolute atomic E-state index is 0.0333. The Kier molecular flexibility index (Phi) is 5.33. The van der Waals surface area contributed by atoms with Gasteiger partial charge in [0.1, 0.15) is 35.5 Å². The van der Waals surface area contributed by atoms with Gasteiger partial charge in [0.05, 0.1) is 22.3 Å². The monoisotopic (exact) mass is 425 g/mol. The fourth-order valence-electron chi connectivity index (χ4n) is 3.14. The van der Waals surface area contributed by atoms with Crippen molar-refractivity contribution in [2.24, 2.45) is 0 Å². The van der Waals surface area contributed by atoms with Gasteiger partial charge in [-0.25, -0.2) is 14.1 Å². The number of amides is 1. The molecular weight excluding hydrogens is 409 g/mol. The number of hydrogen-bond donors (Lipinski definition) is 1. The van der Waals surface area contributed by atoms with E-state index in [4.69, 9.17) is 16.1 Å². The summed E-state index contributed by atoms with van der Waals surface area (Å²) in [6, 6.07) is 11.5. The molecule has 0 fully saturated rings. The lowest BCUT2D eigenvalue weighted by atomic mass is 10.0. The molecule has 9 heteroatoms. The highest BCUT2D eigenvalue weighted by molar-refractivity contribution is 6.33. The van der Waals surface area contributed by atoms with Crippen molar-refractivity contribution in [1.82, 2.24) is 25.2 Å². The van der Waals surface area contributed by atoms with Gasteiger partial charge >= 0.3 is 0 Å². The molecule has 30 heavy (non-hydrogen) atoms. The Labute approximate surface area is 176 Å². The summed E-state index contributed by atoms with van der Waals surface area (Å²) in [7, 11) is 0. The van der Waals surface area contributed by atoms with E-state index in [2.05, 4.69) is 20.6 Å². The van der Waals surface area contributed by atoms with Crippen LogP contribution in [0.5, 0.6) is 0 Å². The lowest BCUT2D eigenvalue weighted by Gasteiger charge is -2.15. The molecule has 0 aliphatic carbocycles. The molecule has 4 aromatic rings. The van der Waals surface area contributed by atoms with Gasteiger partial charge in [-0.1, -0.05) is 35.0 Å². The molecular formula is C21H17ClFN5O2. The summed E-state index contributed by atoms with van der Waals surface area (Å²) in [4.78, 5) is 16.9. The maximum absolute atomic E-state index is 14.4. The Morgan fingerprint density at radius 2 is 2.00 bits per heavy atom. The average molecular weight is 426 g/mol. The fraction of sp³-hybridized carbons (Fsp3) is 0.143. The van der Waals surface area contributed by atoms with Crippen LogP contribution in [0.25, 0.3) is 16.9 Å². The third-order valence-corrected chi connectivity index (χ3v) is 5.03. The molecule has 7 nitrogen and oxygen atoms in total. The van der Waals surface area contributed by atoms with Gasteiger partial charge in [0, 0.05) is 0 Å². The second-order valence-electron chi connectivity index (χ2n) is 6.69. The van der Waals surface area contributed by atoms with Crippen LogP contribution in [0.3, 0.4) is 0 Å². The van der Waals surface area contributed by atoms with Crippen LogP contribution in [0.4, 0.5) is 4.39 Å². The number of halogens is 2. The van der Waals surface area contributed by atoms with Crippen LogP contribution < -0.4 is 5.32 Å². The molecule has 2 aromatic carbocycles. The maximum atomic E-state index is 14.4. The average Bonchev–Trinajstić information content (AvgIpc) is 3.38. The summed E-state index contributed by atoms with van der Waals surface area (Å²) >= 11 is 6.14. The highest BCUT2D eigenvalue weighted by Crippen LogP contribution is 2.33. The molecule has 0 saturated heterocycles. The molecule has 2 aromatic heterocycles. The van der Waals surface area contributed by atoms with Crippen LogP contribution in [0.2, 0.25) is 5.02 Å². The van der Waals surface area contributed by atoms with Crippen molar-refractivity contribution in [2.75, 3.05) is 0 Å². The molecule has 1 atom stereocenters.